The number of rotatable bonds is 2. The molecule has 1 N–H and O–H groups in total. The van der Waals surface area contributed by atoms with Gasteiger partial charge in [-0.05, 0) is 34.7 Å². The van der Waals surface area contributed by atoms with Gasteiger partial charge in [0.05, 0.1) is 0 Å². The van der Waals surface area contributed by atoms with E-state index < -0.39 is 0 Å². The third kappa shape index (κ3) is 6.70. The second-order valence-electron chi connectivity index (χ2n) is 6.31. The summed E-state index contributed by atoms with van der Waals surface area (Å²) in [5.41, 5.74) is 0. The van der Waals surface area contributed by atoms with Gasteiger partial charge in [0.1, 0.15) is 0 Å². The standard InChI is InChI=1S/C8H18N2.C7H16N2/c1-8(2)10-6-4-9(3)5-7-10;1-7(2)9-5-3-8-4-6-9/h8H,4-7H2,1-3H3;7-8H,3-6H2,1-2H3. The molecule has 2 aliphatic heterocycles. The molecule has 0 aromatic heterocycles. The molecule has 2 fully saturated rings. The average molecular weight is 270 g/mol. The zero-order chi connectivity index (χ0) is 14.3. The Morgan fingerprint density at radius 2 is 1.11 bits per heavy atom. The number of hydrogen-bond acceptors (Lipinski definition) is 4. The molecule has 0 saturated carbocycles. The summed E-state index contributed by atoms with van der Waals surface area (Å²) < 4.78 is 0. The van der Waals surface area contributed by atoms with Crippen LogP contribution in [0.5, 0.6) is 0 Å². The minimum absolute atomic E-state index is 0.729. The lowest BCUT2D eigenvalue weighted by molar-refractivity contribution is 0.126. The van der Waals surface area contributed by atoms with Crippen LogP contribution in [0.4, 0.5) is 0 Å². The number of nitrogens with zero attached hydrogens (tertiary/aromatic N) is 3. The van der Waals surface area contributed by atoms with Crippen LogP contribution in [-0.2, 0) is 0 Å². The summed E-state index contributed by atoms with van der Waals surface area (Å²) in [5, 5.41) is 3.33. The quantitative estimate of drug-likeness (QED) is 0.806. The molecule has 0 amide bonds. The highest BCUT2D eigenvalue weighted by Gasteiger charge is 2.15. The summed E-state index contributed by atoms with van der Waals surface area (Å²) in [4.78, 5) is 7.41. The summed E-state index contributed by atoms with van der Waals surface area (Å²) in [6.45, 7) is 18.8. The number of nitrogens with one attached hydrogen (secondary N) is 1. The first-order chi connectivity index (χ1) is 9.00. The van der Waals surface area contributed by atoms with Crippen LogP contribution in [0.2, 0.25) is 0 Å². The highest BCUT2D eigenvalue weighted by molar-refractivity contribution is 4.71. The van der Waals surface area contributed by atoms with Gasteiger partial charge in [-0.15, -0.1) is 0 Å². The fourth-order valence-corrected chi connectivity index (χ4v) is 2.54. The van der Waals surface area contributed by atoms with Gasteiger partial charge in [0, 0.05) is 64.4 Å². The SMILES string of the molecule is CC(C)N1CCN(C)CC1.CC(C)N1CCNCC1. The van der Waals surface area contributed by atoms with Gasteiger partial charge in [-0.1, -0.05) is 0 Å². The fraction of sp³-hybridized carbons (Fsp3) is 1.00. The Bertz CT molecular complexity index is 216. The first kappa shape index (κ1) is 16.9. The molecule has 2 heterocycles. The molecule has 0 unspecified atom stereocenters. The van der Waals surface area contributed by atoms with Crippen molar-refractivity contribution in [1.29, 1.82) is 0 Å². The van der Waals surface area contributed by atoms with Crippen LogP contribution >= 0.6 is 0 Å². The number of piperazine rings is 2. The summed E-state index contributed by atoms with van der Waals surface area (Å²) in [6, 6.07) is 1.46. The van der Waals surface area contributed by atoms with E-state index in [4.69, 9.17) is 0 Å². The molecule has 0 bridgehead atoms. The van der Waals surface area contributed by atoms with Crippen molar-refractivity contribution < 1.29 is 0 Å². The zero-order valence-electron chi connectivity index (χ0n) is 13.7. The molecule has 2 saturated heterocycles. The fourth-order valence-electron chi connectivity index (χ4n) is 2.54. The average Bonchev–Trinajstić information content (AvgIpc) is 2.41. The maximum absolute atomic E-state index is 3.33. The molecule has 0 aromatic rings. The lowest BCUT2D eigenvalue weighted by atomic mass is 10.2. The third-order valence-corrected chi connectivity index (χ3v) is 4.15. The van der Waals surface area contributed by atoms with Gasteiger partial charge in [-0.2, -0.15) is 0 Å². The second-order valence-corrected chi connectivity index (χ2v) is 6.31. The second kappa shape index (κ2) is 8.90. The van der Waals surface area contributed by atoms with E-state index in [9.17, 15) is 0 Å². The maximum Gasteiger partial charge on any atom is 0.0112 e. The Labute approximate surface area is 120 Å². The van der Waals surface area contributed by atoms with Crippen molar-refractivity contribution in [3.63, 3.8) is 0 Å². The number of hydrogen-bond donors (Lipinski definition) is 1. The lowest BCUT2D eigenvalue weighted by Crippen LogP contribution is -2.47. The van der Waals surface area contributed by atoms with Gasteiger partial charge in [0.2, 0.25) is 0 Å². The van der Waals surface area contributed by atoms with Crippen molar-refractivity contribution in [1.82, 2.24) is 20.0 Å². The Kier molecular flexibility index (Phi) is 7.91. The molecule has 4 nitrogen and oxygen atoms in total. The lowest BCUT2D eigenvalue weighted by Gasteiger charge is -2.34. The Morgan fingerprint density at radius 1 is 0.684 bits per heavy atom. The molecule has 0 atom stereocenters. The van der Waals surface area contributed by atoms with E-state index in [1.54, 1.807) is 0 Å². The molecule has 114 valence electrons. The van der Waals surface area contributed by atoms with Crippen molar-refractivity contribution >= 4 is 0 Å². The largest absolute Gasteiger partial charge is 0.314 e. The van der Waals surface area contributed by atoms with E-state index in [2.05, 4.69) is 54.8 Å². The summed E-state index contributed by atoms with van der Waals surface area (Å²) in [5.74, 6) is 0. The van der Waals surface area contributed by atoms with Crippen molar-refractivity contribution in [2.24, 2.45) is 0 Å². The molecule has 2 rings (SSSR count). The Balaban J connectivity index is 0.000000191. The van der Waals surface area contributed by atoms with Gasteiger partial charge >= 0.3 is 0 Å². The van der Waals surface area contributed by atoms with E-state index in [0.29, 0.717) is 0 Å². The van der Waals surface area contributed by atoms with Crippen LogP contribution in [0.1, 0.15) is 27.7 Å². The van der Waals surface area contributed by atoms with Gasteiger partial charge < -0.3 is 10.2 Å². The molecule has 0 aromatic carbocycles. The Morgan fingerprint density at radius 3 is 1.47 bits per heavy atom. The topological polar surface area (TPSA) is 21.8 Å². The predicted octanol–water partition coefficient (Wildman–Crippen LogP) is 0.942. The molecule has 19 heavy (non-hydrogen) atoms. The van der Waals surface area contributed by atoms with Crippen LogP contribution in [0, 0.1) is 0 Å². The summed E-state index contributed by atoms with van der Waals surface area (Å²) >= 11 is 0. The molecular weight excluding hydrogens is 236 g/mol. The van der Waals surface area contributed by atoms with E-state index in [0.717, 1.165) is 25.2 Å². The van der Waals surface area contributed by atoms with Crippen molar-refractivity contribution in [3.8, 4) is 0 Å². The molecular formula is C15H34N4. The van der Waals surface area contributed by atoms with E-state index in [1.165, 1.54) is 39.3 Å². The summed E-state index contributed by atoms with van der Waals surface area (Å²) in [7, 11) is 2.19. The zero-order valence-corrected chi connectivity index (χ0v) is 13.7. The van der Waals surface area contributed by atoms with E-state index in [1.807, 2.05) is 0 Å². The minimum Gasteiger partial charge on any atom is -0.314 e. The molecule has 0 radical (unpaired) electrons. The number of likely N-dealkylation sites (N-methyl/N-ethyl adjacent to an activating group) is 1. The minimum atomic E-state index is 0.729. The van der Waals surface area contributed by atoms with Gasteiger partial charge in [0.15, 0.2) is 0 Å². The summed E-state index contributed by atoms with van der Waals surface area (Å²) in [6.07, 6.45) is 0. The first-order valence-corrected chi connectivity index (χ1v) is 7.88. The Hall–Kier alpha value is -0.160. The van der Waals surface area contributed by atoms with Gasteiger partial charge in [-0.3, -0.25) is 9.80 Å². The van der Waals surface area contributed by atoms with E-state index in [-0.39, 0.29) is 0 Å². The molecule has 2 aliphatic rings. The monoisotopic (exact) mass is 270 g/mol. The molecule has 0 aliphatic carbocycles. The molecule has 4 heteroatoms. The van der Waals surface area contributed by atoms with Gasteiger partial charge in [0.25, 0.3) is 0 Å². The van der Waals surface area contributed by atoms with Crippen molar-refractivity contribution in [2.45, 2.75) is 39.8 Å². The van der Waals surface area contributed by atoms with Crippen LogP contribution < -0.4 is 5.32 Å². The first-order valence-electron chi connectivity index (χ1n) is 7.88. The van der Waals surface area contributed by atoms with Crippen molar-refractivity contribution in [3.05, 3.63) is 0 Å². The highest BCUT2D eigenvalue weighted by Crippen LogP contribution is 2.03. The van der Waals surface area contributed by atoms with Crippen LogP contribution in [0.3, 0.4) is 0 Å². The van der Waals surface area contributed by atoms with E-state index >= 15 is 0 Å². The molecule has 0 spiro atoms. The van der Waals surface area contributed by atoms with Crippen molar-refractivity contribution in [2.75, 3.05) is 59.4 Å². The predicted molar refractivity (Wildman–Crippen MR) is 83.8 cm³/mol. The third-order valence-electron chi connectivity index (χ3n) is 4.15. The van der Waals surface area contributed by atoms with Crippen LogP contribution in [0.25, 0.3) is 0 Å². The smallest absolute Gasteiger partial charge is 0.0112 e. The normalized spacial score (nSPS) is 23.5. The highest BCUT2D eigenvalue weighted by atomic mass is 15.3. The maximum atomic E-state index is 3.33. The van der Waals surface area contributed by atoms with Crippen LogP contribution in [-0.4, -0.2) is 86.2 Å². The van der Waals surface area contributed by atoms with Crippen LogP contribution in [0.15, 0.2) is 0 Å². The van der Waals surface area contributed by atoms with Gasteiger partial charge in [-0.25, -0.2) is 0 Å².